The molecule has 1 aliphatic heterocycles. The minimum absolute atomic E-state index is 0.0953. The molecule has 1 saturated heterocycles. The molecule has 5 nitrogen and oxygen atoms in total. The third-order valence-electron chi connectivity index (χ3n) is 7.64. The van der Waals surface area contributed by atoms with Gasteiger partial charge in [-0.05, 0) is 94.9 Å². The number of nitrogens with zero attached hydrogens (tertiary/aromatic N) is 1. The molecule has 7 rings (SSSR count). The summed E-state index contributed by atoms with van der Waals surface area (Å²) in [6.45, 7) is 1.84. The molecule has 1 N–H and O–H groups in total. The van der Waals surface area contributed by atoms with Gasteiger partial charge < -0.3 is 5.32 Å². The second kappa shape index (κ2) is 7.03. The smallest absolute Gasteiger partial charge is 0.255 e. The highest BCUT2D eigenvalue weighted by Gasteiger charge is 2.67. The van der Waals surface area contributed by atoms with Gasteiger partial charge in [0.05, 0.1) is 22.5 Å². The van der Waals surface area contributed by atoms with Gasteiger partial charge in [-0.15, -0.1) is 0 Å². The van der Waals surface area contributed by atoms with E-state index in [0.717, 1.165) is 16.5 Å². The molecule has 2 aromatic carbocycles. The summed E-state index contributed by atoms with van der Waals surface area (Å²) in [5.41, 5.74) is 2.36. The fourth-order valence-corrected chi connectivity index (χ4v) is 6.55. The Morgan fingerprint density at radius 1 is 1.00 bits per heavy atom. The lowest BCUT2D eigenvalue weighted by molar-refractivity contribution is -0.124. The Morgan fingerprint density at radius 3 is 2.19 bits per heavy atom. The van der Waals surface area contributed by atoms with Crippen LogP contribution in [0.1, 0.15) is 22.3 Å². The highest BCUT2D eigenvalue weighted by molar-refractivity contribution is 9.10. The topological polar surface area (TPSA) is 66.5 Å². The van der Waals surface area contributed by atoms with Crippen molar-refractivity contribution in [3.05, 3.63) is 69.2 Å². The maximum Gasteiger partial charge on any atom is 0.255 e. The largest absolute Gasteiger partial charge is 0.322 e. The van der Waals surface area contributed by atoms with E-state index in [1.54, 1.807) is 36.4 Å². The molecule has 3 amide bonds. The van der Waals surface area contributed by atoms with Crippen LogP contribution in [-0.2, 0) is 9.59 Å². The first-order chi connectivity index (χ1) is 15.4. The summed E-state index contributed by atoms with van der Waals surface area (Å²) in [7, 11) is 0. The van der Waals surface area contributed by atoms with Crippen LogP contribution in [-0.4, -0.2) is 17.7 Å². The number of carbonyl (C=O) groups excluding carboxylic acids is 3. The van der Waals surface area contributed by atoms with Gasteiger partial charge in [-0.2, -0.15) is 0 Å². The molecule has 4 aliphatic carbocycles. The van der Waals surface area contributed by atoms with Gasteiger partial charge in [0, 0.05) is 15.7 Å². The standard InChI is InChI=1S/C25H20BrClN2O3/c1-11-19(9-8-18(26)22(11)27)28-23(30)12-2-4-13(5-3-12)29-24(31)20-14-6-7-15(17-10-16(14)17)21(20)25(29)32/h2-9,14-17,20-21H,10H2,1H3,(H,28,30)/t14-,15-,16-,17-,20+,21+/m1/s1. The van der Waals surface area contributed by atoms with E-state index in [1.165, 1.54) is 4.90 Å². The molecule has 1 heterocycles. The number of imide groups is 1. The zero-order valence-electron chi connectivity index (χ0n) is 17.2. The van der Waals surface area contributed by atoms with Crippen LogP contribution in [0.3, 0.4) is 0 Å². The van der Waals surface area contributed by atoms with Crippen molar-refractivity contribution < 1.29 is 14.4 Å². The highest BCUT2D eigenvalue weighted by Crippen LogP contribution is 2.65. The molecule has 5 aliphatic rings. The lowest BCUT2D eigenvalue weighted by atomic mass is 9.63. The zero-order valence-corrected chi connectivity index (χ0v) is 19.6. The van der Waals surface area contributed by atoms with Gasteiger partial charge in [0.15, 0.2) is 0 Å². The van der Waals surface area contributed by atoms with Crippen LogP contribution in [0.25, 0.3) is 0 Å². The van der Waals surface area contributed by atoms with E-state index in [0.29, 0.717) is 33.8 Å². The van der Waals surface area contributed by atoms with Crippen LogP contribution in [0, 0.1) is 42.4 Å². The number of hydrogen-bond donors (Lipinski definition) is 1. The maximum absolute atomic E-state index is 13.2. The number of allylic oxidation sites excluding steroid dienone is 2. The first kappa shape index (κ1) is 20.2. The lowest BCUT2D eigenvalue weighted by Crippen LogP contribution is -2.40. The first-order valence-electron chi connectivity index (χ1n) is 10.8. The van der Waals surface area contributed by atoms with E-state index in [4.69, 9.17) is 11.6 Å². The van der Waals surface area contributed by atoms with Gasteiger partial charge in [0.25, 0.3) is 5.91 Å². The second-order valence-electron chi connectivity index (χ2n) is 9.20. The number of halogens is 2. The Kier molecular flexibility index (Phi) is 4.43. The molecule has 7 heteroatoms. The molecule has 2 bridgehead atoms. The van der Waals surface area contributed by atoms with Crippen molar-refractivity contribution in [3.63, 3.8) is 0 Å². The van der Waals surface area contributed by atoms with Gasteiger partial charge in [-0.3, -0.25) is 19.3 Å². The van der Waals surface area contributed by atoms with Crippen LogP contribution in [0.4, 0.5) is 11.4 Å². The number of anilines is 2. The summed E-state index contributed by atoms with van der Waals surface area (Å²) >= 11 is 9.62. The summed E-state index contributed by atoms with van der Waals surface area (Å²) in [6.07, 6.45) is 5.47. The Bertz CT molecular complexity index is 1190. The Balaban J connectivity index is 1.23. The van der Waals surface area contributed by atoms with E-state index in [9.17, 15) is 14.4 Å². The van der Waals surface area contributed by atoms with Gasteiger partial charge in [0.2, 0.25) is 11.8 Å². The molecule has 0 unspecified atom stereocenters. The molecule has 2 saturated carbocycles. The molecule has 162 valence electrons. The third-order valence-corrected chi connectivity index (χ3v) is 9.01. The number of hydrogen-bond acceptors (Lipinski definition) is 3. The Labute approximate surface area is 198 Å². The van der Waals surface area contributed by atoms with Crippen molar-refractivity contribution >= 4 is 56.6 Å². The predicted octanol–water partition coefficient (Wildman–Crippen LogP) is 5.22. The minimum Gasteiger partial charge on any atom is -0.322 e. The molecule has 0 spiro atoms. The predicted molar refractivity (Wildman–Crippen MR) is 125 cm³/mol. The molecule has 6 atom stereocenters. The van der Waals surface area contributed by atoms with E-state index in [1.807, 2.05) is 6.92 Å². The number of rotatable bonds is 3. The average Bonchev–Trinajstić information content (AvgIpc) is 3.58. The monoisotopic (exact) mass is 510 g/mol. The van der Waals surface area contributed by atoms with E-state index in [2.05, 4.69) is 33.4 Å². The van der Waals surface area contributed by atoms with Crippen molar-refractivity contribution in [1.29, 1.82) is 0 Å². The van der Waals surface area contributed by atoms with Crippen molar-refractivity contribution in [2.75, 3.05) is 10.2 Å². The normalized spacial score (nSPS) is 31.5. The van der Waals surface area contributed by atoms with E-state index >= 15 is 0 Å². The number of nitrogens with one attached hydrogen (secondary N) is 1. The first-order valence-corrected chi connectivity index (χ1v) is 12.0. The van der Waals surface area contributed by atoms with Crippen LogP contribution in [0.2, 0.25) is 5.02 Å². The molecule has 32 heavy (non-hydrogen) atoms. The summed E-state index contributed by atoms with van der Waals surface area (Å²) in [4.78, 5) is 40.6. The lowest BCUT2D eigenvalue weighted by Gasteiger charge is -2.37. The zero-order chi connectivity index (χ0) is 22.3. The molecular formula is C25H20BrClN2O3. The molecule has 3 fully saturated rings. The van der Waals surface area contributed by atoms with Crippen molar-refractivity contribution in [2.45, 2.75) is 13.3 Å². The van der Waals surface area contributed by atoms with E-state index in [-0.39, 0.29) is 41.4 Å². The van der Waals surface area contributed by atoms with Gasteiger partial charge >= 0.3 is 0 Å². The van der Waals surface area contributed by atoms with Crippen LogP contribution in [0.5, 0.6) is 0 Å². The van der Waals surface area contributed by atoms with Crippen LogP contribution in [0.15, 0.2) is 53.0 Å². The summed E-state index contributed by atoms with van der Waals surface area (Å²) in [5.74, 6) is 0.611. The Hall–Kier alpha value is -2.44. The fraction of sp³-hybridized carbons (Fsp3) is 0.320. The second-order valence-corrected chi connectivity index (χ2v) is 10.4. The van der Waals surface area contributed by atoms with Crippen LogP contribution >= 0.6 is 27.5 Å². The minimum atomic E-state index is -0.284. The Morgan fingerprint density at radius 2 is 1.59 bits per heavy atom. The van der Waals surface area contributed by atoms with Gasteiger partial charge in [-0.1, -0.05) is 23.8 Å². The van der Waals surface area contributed by atoms with Crippen molar-refractivity contribution in [2.24, 2.45) is 35.5 Å². The SMILES string of the molecule is Cc1c(NC(=O)c2ccc(N3C(=O)[C@H]4[C@@H]5C=C[C@H]([C@H]6C[C@H]56)[C@@H]4C3=O)cc2)ccc(Br)c1Cl. The molecule has 0 aromatic heterocycles. The maximum atomic E-state index is 13.2. The van der Waals surface area contributed by atoms with Crippen molar-refractivity contribution in [3.8, 4) is 0 Å². The van der Waals surface area contributed by atoms with Crippen molar-refractivity contribution in [1.82, 2.24) is 0 Å². The number of carbonyl (C=O) groups is 3. The quantitative estimate of drug-likeness (QED) is 0.454. The molecular weight excluding hydrogens is 492 g/mol. The third kappa shape index (κ3) is 2.78. The molecule has 0 radical (unpaired) electrons. The summed E-state index contributed by atoms with van der Waals surface area (Å²) in [6, 6.07) is 10.2. The van der Waals surface area contributed by atoms with Gasteiger partial charge in [0.1, 0.15) is 0 Å². The van der Waals surface area contributed by atoms with Crippen LogP contribution < -0.4 is 10.2 Å². The highest BCUT2D eigenvalue weighted by atomic mass is 79.9. The summed E-state index contributed by atoms with van der Waals surface area (Å²) in [5, 5.41) is 3.42. The average molecular weight is 512 g/mol. The number of amides is 3. The van der Waals surface area contributed by atoms with Gasteiger partial charge in [-0.25, -0.2) is 0 Å². The fourth-order valence-electron chi connectivity index (χ4n) is 5.96. The number of benzene rings is 2. The summed E-state index contributed by atoms with van der Waals surface area (Å²) < 4.78 is 0.764. The molecule has 2 aromatic rings. The van der Waals surface area contributed by atoms with E-state index < -0.39 is 0 Å².